The fraction of sp³-hybridized carbons (Fsp3) is 0.857. The lowest BCUT2D eigenvalue weighted by Crippen LogP contribution is -2.52. The summed E-state index contributed by atoms with van der Waals surface area (Å²) in [4.78, 5) is 25.3. The summed E-state index contributed by atoms with van der Waals surface area (Å²) >= 11 is 0. The number of likely N-dealkylation sites (N-methyl/N-ethyl adjacent to an activating group) is 1. The molecule has 0 aromatic heterocycles. The lowest BCUT2D eigenvalue weighted by molar-refractivity contribution is -0.143. The van der Waals surface area contributed by atoms with E-state index in [0.717, 1.165) is 6.42 Å². The van der Waals surface area contributed by atoms with Gasteiger partial charge in [-0.05, 0) is 32.4 Å². The van der Waals surface area contributed by atoms with Gasteiger partial charge < -0.3 is 10.4 Å². The first-order valence-corrected chi connectivity index (χ1v) is 6.90. The third-order valence-electron chi connectivity index (χ3n) is 3.33. The van der Waals surface area contributed by atoms with E-state index < -0.39 is 12.0 Å². The number of carbonyl (C=O) groups is 2. The maximum Gasteiger partial charge on any atom is 0.326 e. The van der Waals surface area contributed by atoms with E-state index in [4.69, 9.17) is 5.11 Å². The minimum absolute atomic E-state index is 0.184. The summed E-state index contributed by atoms with van der Waals surface area (Å²) in [5.74, 6) is -0.762. The number of amides is 1. The summed E-state index contributed by atoms with van der Waals surface area (Å²) in [6.07, 6.45) is 1.32. The van der Waals surface area contributed by atoms with Crippen LogP contribution in [0.3, 0.4) is 0 Å². The lowest BCUT2D eigenvalue weighted by atomic mass is 9.96. The predicted octanol–water partition coefficient (Wildman–Crippen LogP) is 1.58. The number of carboxylic acids is 1. The van der Waals surface area contributed by atoms with Crippen molar-refractivity contribution in [1.29, 1.82) is 0 Å². The first kappa shape index (κ1) is 17.9. The highest BCUT2D eigenvalue weighted by molar-refractivity contribution is 5.87. The highest BCUT2D eigenvalue weighted by Crippen LogP contribution is 2.13. The molecule has 0 saturated heterocycles. The molecule has 112 valence electrons. The molecule has 5 nitrogen and oxygen atoms in total. The van der Waals surface area contributed by atoms with Crippen molar-refractivity contribution in [3.8, 4) is 0 Å². The molecular weight excluding hydrogens is 244 g/mol. The van der Waals surface area contributed by atoms with Gasteiger partial charge in [-0.25, -0.2) is 4.79 Å². The zero-order valence-corrected chi connectivity index (χ0v) is 12.9. The lowest BCUT2D eigenvalue weighted by Gasteiger charge is -2.29. The molecule has 19 heavy (non-hydrogen) atoms. The molecule has 0 radical (unpaired) electrons. The fourth-order valence-electron chi connectivity index (χ4n) is 2.18. The number of hydrogen-bond donors (Lipinski definition) is 2. The average Bonchev–Trinajstić information content (AvgIpc) is 2.26. The van der Waals surface area contributed by atoms with Gasteiger partial charge in [0.25, 0.3) is 0 Å². The number of aliphatic carboxylic acids is 1. The molecule has 0 rings (SSSR count). The summed E-state index contributed by atoms with van der Waals surface area (Å²) in [5, 5.41) is 11.8. The summed E-state index contributed by atoms with van der Waals surface area (Å²) in [7, 11) is 3.68. The Morgan fingerprint density at radius 2 is 1.74 bits per heavy atom. The smallest absolute Gasteiger partial charge is 0.326 e. The molecule has 0 aliphatic heterocycles. The second kappa shape index (κ2) is 8.15. The number of carbonyl (C=O) groups excluding carboxylic acids is 1. The van der Waals surface area contributed by atoms with Crippen molar-refractivity contribution in [2.24, 2.45) is 11.8 Å². The number of hydrogen-bond acceptors (Lipinski definition) is 3. The summed E-state index contributed by atoms with van der Waals surface area (Å²) in [5.41, 5.74) is 0. The minimum atomic E-state index is -0.969. The molecule has 2 N–H and O–H groups in total. The van der Waals surface area contributed by atoms with Crippen molar-refractivity contribution >= 4 is 11.9 Å². The zero-order chi connectivity index (χ0) is 15.2. The highest BCUT2D eigenvalue weighted by atomic mass is 16.4. The standard InChI is InChI=1S/C14H28N2O3/c1-7-10(4)12(16(5)6)13(17)15-11(14(18)19)8-9(2)3/h9-12H,7-8H2,1-6H3,(H,15,17)(H,18,19)/t10-,11-,12-/m0/s1. The predicted molar refractivity (Wildman–Crippen MR) is 76.0 cm³/mol. The Labute approximate surface area is 116 Å². The average molecular weight is 272 g/mol. The van der Waals surface area contributed by atoms with Gasteiger partial charge in [0.2, 0.25) is 5.91 Å². The van der Waals surface area contributed by atoms with E-state index in [2.05, 4.69) is 5.32 Å². The van der Waals surface area contributed by atoms with Gasteiger partial charge in [0, 0.05) is 0 Å². The van der Waals surface area contributed by atoms with Crippen molar-refractivity contribution in [3.63, 3.8) is 0 Å². The Morgan fingerprint density at radius 1 is 1.21 bits per heavy atom. The van der Waals surface area contributed by atoms with Crippen LogP contribution < -0.4 is 5.32 Å². The van der Waals surface area contributed by atoms with Crippen LogP contribution in [0, 0.1) is 11.8 Å². The Balaban J connectivity index is 4.81. The minimum Gasteiger partial charge on any atom is -0.480 e. The second-order valence-corrected chi connectivity index (χ2v) is 5.82. The molecule has 1 amide bonds. The maximum absolute atomic E-state index is 12.3. The number of carboxylic acid groups (broad SMARTS) is 1. The van der Waals surface area contributed by atoms with Gasteiger partial charge in [-0.15, -0.1) is 0 Å². The maximum atomic E-state index is 12.3. The van der Waals surface area contributed by atoms with Crippen molar-refractivity contribution in [2.45, 2.75) is 52.6 Å². The van der Waals surface area contributed by atoms with Crippen molar-refractivity contribution in [1.82, 2.24) is 10.2 Å². The normalized spacial score (nSPS) is 16.2. The van der Waals surface area contributed by atoms with E-state index in [0.29, 0.717) is 6.42 Å². The summed E-state index contributed by atoms with van der Waals surface area (Å²) in [6, 6.07) is -1.10. The second-order valence-electron chi connectivity index (χ2n) is 5.82. The third-order valence-corrected chi connectivity index (χ3v) is 3.33. The summed E-state index contributed by atoms with van der Waals surface area (Å²) < 4.78 is 0. The van der Waals surface area contributed by atoms with Gasteiger partial charge in [0.05, 0.1) is 6.04 Å². The molecule has 5 heteroatoms. The number of nitrogens with one attached hydrogen (secondary N) is 1. The third kappa shape index (κ3) is 6.05. The van der Waals surface area contributed by atoms with Gasteiger partial charge >= 0.3 is 5.97 Å². The van der Waals surface area contributed by atoms with Gasteiger partial charge in [0.15, 0.2) is 0 Å². The Kier molecular flexibility index (Phi) is 7.68. The molecule has 0 aromatic carbocycles. The molecule has 0 saturated carbocycles. The molecule has 0 aliphatic carbocycles. The van der Waals surface area contributed by atoms with E-state index in [1.165, 1.54) is 0 Å². The number of nitrogens with zero attached hydrogens (tertiary/aromatic N) is 1. The van der Waals surface area contributed by atoms with Gasteiger partial charge in [-0.2, -0.15) is 0 Å². The molecule has 0 aliphatic rings. The van der Waals surface area contributed by atoms with Gasteiger partial charge in [0.1, 0.15) is 6.04 Å². The van der Waals surface area contributed by atoms with Crippen LogP contribution in [-0.4, -0.2) is 48.1 Å². The molecular formula is C14H28N2O3. The Bertz CT molecular complexity index is 303. The molecule has 0 bridgehead atoms. The molecule has 0 heterocycles. The van der Waals surface area contributed by atoms with Crippen LogP contribution >= 0.6 is 0 Å². The van der Waals surface area contributed by atoms with Crippen LogP contribution in [0.15, 0.2) is 0 Å². The van der Waals surface area contributed by atoms with Gasteiger partial charge in [-0.1, -0.05) is 34.1 Å². The van der Waals surface area contributed by atoms with Crippen LogP contribution in [-0.2, 0) is 9.59 Å². The highest BCUT2D eigenvalue weighted by Gasteiger charge is 2.30. The Hall–Kier alpha value is -1.10. The van der Waals surface area contributed by atoms with Crippen molar-refractivity contribution in [3.05, 3.63) is 0 Å². The molecule has 0 spiro atoms. The SMILES string of the molecule is CC[C@H](C)[C@@H](C(=O)N[C@@H](CC(C)C)C(=O)O)N(C)C. The molecule has 0 unspecified atom stereocenters. The molecule has 0 fully saturated rings. The number of rotatable bonds is 8. The quantitative estimate of drug-likeness (QED) is 0.704. The van der Waals surface area contributed by atoms with Crippen LogP contribution in [0.4, 0.5) is 0 Å². The zero-order valence-electron chi connectivity index (χ0n) is 12.9. The first-order valence-electron chi connectivity index (χ1n) is 6.90. The van der Waals surface area contributed by atoms with E-state index in [1.54, 1.807) is 0 Å². The van der Waals surface area contributed by atoms with Crippen molar-refractivity contribution < 1.29 is 14.7 Å². The van der Waals surface area contributed by atoms with Crippen LogP contribution in [0.1, 0.15) is 40.5 Å². The Morgan fingerprint density at radius 3 is 2.05 bits per heavy atom. The van der Waals surface area contributed by atoms with Crippen molar-refractivity contribution in [2.75, 3.05) is 14.1 Å². The first-order chi connectivity index (χ1) is 8.70. The van der Waals surface area contributed by atoms with E-state index in [-0.39, 0.29) is 23.8 Å². The topological polar surface area (TPSA) is 69.6 Å². The van der Waals surface area contributed by atoms with E-state index in [9.17, 15) is 9.59 Å². The molecule has 3 atom stereocenters. The van der Waals surface area contributed by atoms with Crippen LogP contribution in [0.5, 0.6) is 0 Å². The van der Waals surface area contributed by atoms with E-state index >= 15 is 0 Å². The molecule has 0 aromatic rings. The monoisotopic (exact) mass is 272 g/mol. The van der Waals surface area contributed by atoms with Crippen LogP contribution in [0.2, 0.25) is 0 Å². The van der Waals surface area contributed by atoms with E-state index in [1.807, 2.05) is 46.7 Å². The largest absolute Gasteiger partial charge is 0.480 e. The van der Waals surface area contributed by atoms with Crippen LogP contribution in [0.25, 0.3) is 0 Å². The van der Waals surface area contributed by atoms with Gasteiger partial charge in [-0.3, -0.25) is 9.69 Å². The summed E-state index contributed by atoms with van der Waals surface area (Å²) in [6.45, 7) is 7.92. The fourth-order valence-corrected chi connectivity index (χ4v) is 2.18.